The summed E-state index contributed by atoms with van der Waals surface area (Å²) >= 11 is 0. The van der Waals surface area contributed by atoms with Gasteiger partial charge in [0.2, 0.25) is 6.79 Å². The van der Waals surface area contributed by atoms with Crippen molar-refractivity contribution in [2.45, 2.75) is 331 Å². The number of imidazole rings is 1. The molecule has 3 aromatic rings. The predicted molar refractivity (Wildman–Crippen MR) is 413 cm³/mol. The third-order valence-corrected chi connectivity index (χ3v) is 16.2. The summed E-state index contributed by atoms with van der Waals surface area (Å²) in [4.78, 5) is 20.4. The van der Waals surface area contributed by atoms with Crippen molar-refractivity contribution in [3.8, 4) is 0 Å². The first-order valence-electron chi connectivity index (χ1n) is 36.9. The lowest BCUT2D eigenvalue weighted by Crippen LogP contribution is -2.28. The summed E-state index contributed by atoms with van der Waals surface area (Å²) in [7, 11) is 0. The van der Waals surface area contributed by atoms with E-state index in [1.165, 1.54) is 52.5 Å². The van der Waals surface area contributed by atoms with Crippen LogP contribution in [0.4, 0.5) is 0 Å². The minimum Gasteiger partial charge on any atom is -0.497 e. The third kappa shape index (κ3) is 29.3. The molecule has 0 saturated heterocycles. The van der Waals surface area contributed by atoms with Crippen LogP contribution in [0, 0.1) is 56.2 Å². The van der Waals surface area contributed by atoms with Crippen LogP contribution < -0.4 is 5.32 Å². The number of aromatic amines is 1. The van der Waals surface area contributed by atoms with Gasteiger partial charge in [-0.3, -0.25) is 4.99 Å². The van der Waals surface area contributed by atoms with E-state index < -0.39 is 0 Å². The maximum absolute atomic E-state index is 5.74. The Bertz CT molecular complexity index is 2770. The largest absolute Gasteiger partial charge is 0.497 e. The highest BCUT2D eigenvalue weighted by Gasteiger charge is 2.35. The number of ether oxygens (including phenoxy) is 6. The Kier molecular flexibility index (Phi) is 34.2. The van der Waals surface area contributed by atoms with Crippen molar-refractivity contribution in [1.29, 1.82) is 0 Å². The molecule has 5 aliphatic heterocycles. The highest BCUT2D eigenvalue weighted by molar-refractivity contribution is 5.68. The second-order valence-electron chi connectivity index (χ2n) is 38.1. The molecule has 14 nitrogen and oxygen atoms in total. The second kappa shape index (κ2) is 37.0. The van der Waals surface area contributed by atoms with Crippen molar-refractivity contribution < 1.29 is 37.3 Å². The van der Waals surface area contributed by atoms with Crippen LogP contribution in [-0.2, 0) is 44.7 Å². The molecule has 5 aliphatic rings. The Balaban J connectivity index is 0.000000560. The zero-order valence-corrected chi connectivity index (χ0v) is 70.9. The summed E-state index contributed by atoms with van der Waals surface area (Å²) in [5.74, 6) is 11.9. The van der Waals surface area contributed by atoms with Crippen molar-refractivity contribution in [2.75, 3.05) is 33.3 Å². The lowest BCUT2D eigenvalue weighted by Gasteiger charge is -2.35. The third-order valence-electron chi connectivity index (χ3n) is 16.2. The number of hydrogen-bond acceptors (Lipinski definition) is 13. The van der Waals surface area contributed by atoms with Crippen LogP contribution in [0.2, 0.25) is 0 Å². The second-order valence-corrected chi connectivity index (χ2v) is 38.1. The molecule has 0 radical (unpaired) electrons. The van der Waals surface area contributed by atoms with Crippen LogP contribution in [-0.4, -0.2) is 59.5 Å². The number of H-pyrrole nitrogens is 1. The van der Waals surface area contributed by atoms with Crippen LogP contribution in [0.5, 0.6) is 0 Å². The first kappa shape index (κ1) is 90.6. The summed E-state index contributed by atoms with van der Waals surface area (Å²) in [5, 5.41) is 3.27. The molecular weight excluding hydrogens is 1220 g/mol. The molecule has 0 unspecified atom stereocenters. The van der Waals surface area contributed by atoms with E-state index in [9.17, 15) is 0 Å². The zero-order chi connectivity index (χ0) is 76.5. The van der Waals surface area contributed by atoms with E-state index in [2.05, 4.69) is 314 Å². The van der Waals surface area contributed by atoms with Gasteiger partial charge in [-0.05, 0) is 45.6 Å². The van der Waals surface area contributed by atoms with Gasteiger partial charge >= 0.3 is 0 Å². The van der Waals surface area contributed by atoms with E-state index in [-0.39, 0.29) is 48.7 Å². The Hall–Kier alpha value is -5.40. The van der Waals surface area contributed by atoms with Gasteiger partial charge in [-0.1, -0.05) is 284 Å². The lowest BCUT2D eigenvalue weighted by atomic mass is 9.82. The molecule has 2 N–H and O–H groups in total. The molecule has 0 fully saturated rings. The molecule has 0 saturated carbocycles. The smallest absolute Gasteiger partial charge is 0.230 e. The van der Waals surface area contributed by atoms with Crippen LogP contribution in [0.1, 0.15) is 349 Å². The number of nitrogens with zero attached hydrogens (tertiary/aromatic N) is 4. The highest BCUT2D eigenvalue weighted by atomic mass is 16.7. The molecule has 98 heavy (non-hydrogen) atoms. The Morgan fingerprint density at radius 3 is 1.17 bits per heavy atom. The predicted octanol–water partition coefficient (Wildman–Crippen LogP) is 24.5. The maximum Gasteiger partial charge on any atom is 0.230 e. The van der Waals surface area contributed by atoms with Crippen LogP contribution in [0.3, 0.4) is 0 Å². The average Bonchev–Trinajstić information content (AvgIpc) is 1.43. The molecule has 0 bridgehead atoms. The topological polar surface area (TPSA) is 161 Å². The molecule has 0 aromatic carbocycles. The van der Waals surface area contributed by atoms with Crippen molar-refractivity contribution in [3.63, 3.8) is 0 Å². The minimum atomic E-state index is 0.0308. The fourth-order valence-corrected chi connectivity index (χ4v) is 11.4. The van der Waals surface area contributed by atoms with Gasteiger partial charge in [-0.15, -0.1) is 0 Å². The van der Waals surface area contributed by atoms with Gasteiger partial charge in [-0.2, -0.15) is 0 Å². The number of rotatable bonds is 7. The summed E-state index contributed by atoms with van der Waals surface area (Å²) in [6, 6.07) is 0. The number of allylic oxidation sites excluding steroid dienone is 9. The van der Waals surface area contributed by atoms with Gasteiger partial charge in [0.05, 0.1) is 41.5 Å². The number of aliphatic imine (C=N–C) groups is 1. The highest BCUT2D eigenvalue weighted by Crippen LogP contribution is 2.42. The zero-order valence-electron chi connectivity index (χ0n) is 70.9. The molecule has 0 spiro atoms. The van der Waals surface area contributed by atoms with E-state index >= 15 is 0 Å². The van der Waals surface area contributed by atoms with E-state index in [0.717, 1.165) is 71.2 Å². The normalized spacial score (nSPS) is 16.3. The Morgan fingerprint density at radius 1 is 0.378 bits per heavy atom. The molecule has 8 heterocycles. The Morgan fingerprint density at radius 2 is 0.857 bits per heavy atom. The monoisotopic (exact) mass is 1370 g/mol. The van der Waals surface area contributed by atoms with Crippen LogP contribution in [0.15, 0.2) is 90.0 Å². The lowest BCUT2D eigenvalue weighted by molar-refractivity contribution is 0.00833. The minimum absolute atomic E-state index is 0.0308. The van der Waals surface area contributed by atoms with Gasteiger partial charge in [0.15, 0.2) is 19.5 Å². The Labute approximate surface area is 601 Å². The number of oxazole rings is 2. The van der Waals surface area contributed by atoms with E-state index in [1.54, 1.807) is 6.33 Å². The van der Waals surface area contributed by atoms with Gasteiger partial charge in [0.1, 0.15) is 53.5 Å². The molecule has 8 rings (SSSR count). The van der Waals surface area contributed by atoms with Gasteiger partial charge in [0.25, 0.3) is 0 Å². The van der Waals surface area contributed by atoms with Crippen molar-refractivity contribution >= 4 is 6.21 Å². The molecular formula is C84H150N6O8. The molecule has 564 valence electrons. The van der Waals surface area contributed by atoms with Gasteiger partial charge < -0.3 is 47.6 Å². The quantitative estimate of drug-likeness (QED) is 0.231. The first-order valence-corrected chi connectivity index (χ1v) is 36.9. The summed E-state index contributed by atoms with van der Waals surface area (Å²) < 4.78 is 44.2. The number of hydrogen-bond donors (Lipinski definition) is 2. The molecule has 14 heteroatoms. The van der Waals surface area contributed by atoms with E-state index in [4.69, 9.17) is 37.3 Å². The van der Waals surface area contributed by atoms with Crippen molar-refractivity contribution in [3.05, 3.63) is 111 Å². The molecule has 0 aliphatic carbocycles. The van der Waals surface area contributed by atoms with Gasteiger partial charge in [0, 0.05) is 86.1 Å². The van der Waals surface area contributed by atoms with Crippen LogP contribution >= 0.6 is 0 Å². The number of aromatic nitrogens is 4. The van der Waals surface area contributed by atoms with Gasteiger partial charge in [-0.25, -0.2) is 15.0 Å². The van der Waals surface area contributed by atoms with Crippen molar-refractivity contribution in [2.24, 2.45) is 61.2 Å². The summed E-state index contributed by atoms with van der Waals surface area (Å²) in [6.45, 7) is 92.5. The van der Waals surface area contributed by atoms with E-state index in [0.29, 0.717) is 68.2 Å². The fourth-order valence-electron chi connectivity index (χ4n) is 11.4. The van der Waals surface area contributed by atoms with E-state index in [1.807, 2.05) is 6.21 Å². The summed E-state index contributed by atoms with van der Waals surface area (Å²) in [6.07, 6.45) is 9.08. The maximum atomic E-state index is 5.74. The molecule has 0 atom stereocenters. The first-order chi connectivity index (χ1) is 44.2. The average molecular weight is 1370 g/mol. The summed E-state index contributed by atoms with van der Waals surface area (Å²) in [5.41, 5.74) is 11.4. The molecule has 0 amide bonds. The standard InChI is InChI=1S/C12H22O2.C11H19N.C11H20O.C10H18N2.C10H17NO.C10H19NO.C10H17NO.C10H18O2/c1-11(2,3)9-10(12(4,5)6)14-8-7-13-9;2*1-8(2)10-9(6-7-12-10)11(3,4)5;1-7(2)8-9(10(3,4)5)12-6-11-8;1-7(2)8-9(10(3,4)5)11-6-12-8;3*1-7(2)8-9(10(3,4)5)12-6-11-8/h7-8H2,1-6H3;7-8H,6H2,1-5H3;8H,6-7H2,1-5H3;6-7H,1-5H3,(H,11,12);6-7H,1-5H3;7,11H,6H2,1-5H3;6-7H,1-5H3;7H,6H2,1-5H3. The molecule has 3 aromatic heterocycles. The number of nitrogens with one attached hydrogen (secondary N) is 2. The SMILES string of the molecule is CC(C)(C)C1=C(C(C)(C)C)OCCO1.CC(C)C1=C(C(C)(C)C)CC=N1.CC(C)C1=C(C(C)(C)C)CCO1.CC(C)C1=C(C(C)(C)C)OCN1.CC(C)C1=C(C(C)(C)C)OCO1.CC(C)c1[nH]cnc1C(C)(C)C.CC(C)c1ncoc1C(C)(C)C.CC(C)c1ocnc1C(C)(C)C. The van der Waals surface area contributed by atoms with Crippen LogP contribution in [0.25, 0.3) is 0 Å². The fraction of sp³-hybridized carbons (Fsp3) is 0.762. The van der Waals surface area contributed by atoms with Crippen molar-refractivity contribution in [1.82, 2.24) is 25.3 Å².